The zero-order valence-electron chi connectivity index (χ0n) is 18.6. The maximum Gasteiger partial charge on any atom is 0.413 e. The first-order valence-electron chi connectivity index (χ1n) is 10.5. The van der Waals surface area contributed by atoms with E-state index in [9.17, 15) is 9.59 Å². The van der Waals surface area contributed by atoms with Gasteiger partial charge in [-0.2, -0.15) is 4.68 Å². The van der Waals surface area contributed by atoms with Gasteiger partial charge in [0.2, 0.25) is 0 Å². The highest BCUT2D eigenvalue weighted by Crippen LogP contribution is 2.49. The molecule has 1 amide bonds. The summed E-state index contributed by atoms with van der Waals surface area (Å²) in [5, 5.41) is 10.9. The highest BCUT2D eigenvalue weighted by atomic mass is 16.6. The molecule has 1 aliphatic carbocycles. The van der Waals surface area contributed by atoms with Crippen molar-refractivity contribution in [2.45, 2.75) is 45.1 Å². The van der Waals surface area contributed by atoms with E-state index in [1.54, 1.807) is 25.5 Å². The maximum absolute atomic E-state index is 12.1. The maximum atomic E-state index is 12.1. The number of hydrogen-bond acceptors (Lipinski definition) is 6. The Morgan fingerprint density at radius 3 is 2.16 bits per heavy atom. The third-order valence-corrected chi connectivity index (χ3v) is 5.61. The lowest BCUT2D eigenvalue weighted by molar-refractivity contribution is -0.143. The number of carbonyl (C=O) groups excluding carboxylic acids is 2. The lowest BCUT2D eigenvalue weighted by atomic mass is 9.94. The van der Waals surface area contributed by atoms with E-state index in [1.165, 1.54) is 7.11 Å². The van der Waals surface area contributed by atoms with Crippen molar-refractivity contribution in [2.75, 3.05) is 12.4 Å². The van der Waals surface area contributed by atoms with Crippen LogP contribution in [0.15, 0.2) is 48.5 Å². The molecule has 4 rings (SSSR count). The molecule has 3 aromatic rings. The Labute approximate surface area is 186 Å². The number of aryl methyl sites for hydroxylation is 1. The van der Waals surface area contributed by atoms with Crippen LogP contribution in [0.1, 0.15) is 37.9 Å². The number of hydrogen-bond donors (Lipinski definition) is 1. The second-order valence-corrected chi connectivity index (χ2v) is 8.21. The van der Waals surface area contributed by atoms with Crippen molar-refractivity contribution < 1.29 is 19.1 Å². The van der Waals surface area contributed by atoms with E-state index in [0.717, 1.165) is 35.2 Å². The summed E-state index contributed by atoms with van der Waals surface area (Å²) in [5.41, 5.74) is 3.93. The van der Waals surface area contributed by atoms with Crippen LogP contribution in [-0.4, -0.2) is 40.3 Å². The third kappa shape index (κ3) is 4.08. The van der Waals surface area contributed by atoms with E-state index in [4.69, 9.17) is 9.47 Å². The highest BCUT2D eigenvalue weighted by molar-refractivity contribution is 5.87. The molecule has 1 heterocycles. The lowest BCUT2D eigenvalue weighted by Gasteiger charge is -2.14. The van der Waals surface area contributed by atoms with E-state index in [1.807, 2.05) is 48.5 Å². The average Bonchev–Trinajstić information content (AvgIpc) is 3.52. The molecule has 0 bridgehead atoms. The molecule has 0 unspecified atom stereocenters. The zero-order chi connectivity index (χ0) is 22.9. The number of methoxy groups -OCH3 is 1. The molecule has 8 heteroatoms. The van der Waals surface area contributed by atoms with Crippen LogP contribution >= 0.6 is 0 Å². The molecule has 0 aliphatic heterocycles. The topological polar surface area (TPSA) is 95.3 Å². The van der Waals surface area contributed by atoms with Crippen LogP contribution in [0, 0.1) is 6.92 Å². The number of anilines is 1. The van der Waals surface area contributed by atoms with Gasteiger partial charge in [0.15, 0.2) is 5.82 Å². The number of benzene rings is 2. The predicted octanol–water partition coefficient (Wildman–Crippen LogP) is 4.40. The largest absolute Gasteiger partial charge is 0.468 e. The normalized spacial score (nSPS) is 14.2. The summed E-state index contributed by atoms with van der Waals surface area (Å²) < 4.78 is 11.7. The summed E-state index contributed by atoms with van der Waals surface area (Å²) in [6, 6.07) is 15.8. The van der Waals surface area contributed by atoms with E-state index < -0.39 is 11.5 Å². The molecule has 0 saturated heterocycles. The number of aromatic nitrogens is 3. The Hall–Kier alpha value is -3.68. The monoisotopic (exact) mass is 434 g/mol. The van der Waals surface area contributed by atoms with Crippen molar-refractivity contribution in [2.24, 2.45) is 0 Å². The van der Waals surface area contributed by atoms with Gasteiger partial charge in [0, 0.05) is 0 Å². The van der Waals surface area contributed by atoms with Gasteiger partial charge < -0.3 is 9.47 Å². The second kappa shape index (κ2) is 8.45. The van der Waals surface area contributed by atoms with Gasteiger partial charge in [0.1, 0.15) is 5.69 Å². The Bertz CT molecular complexity index is 1130. The average molecular weight is 434 g/mol. The molecule has 1 fully saturated rings. The molecule has 0 radical (unpaired) electrons. The molecule has 1 aromatic heterocycles. The Kier molecular flexibility index (Phi) is 5.69. The first-order valence-corrected chi connectivity index (χ1v) is 10.5. The SMILES string of the molecule is COC(=O)C1(c2ccc(-c3ccc(-n4nnc(C)c4NC(=O)OC(C)C)cc3)cc2)CC1. The molecule has 0 spiro atoms. The molecule has 1 aliphatic rings. The first kappa shape index (κ1) is 21.5. The fourth-order valence-corrected chi connectivity index (χ4v) is 3.73. The minimum Gasteiger partial charge on any atom is -0.468 e. The summed E-state index contributed by atoms with van der Waals surface area (Å²) in [7, 11) is 1.43. The minimum absolute atomic E-state index is 0.167. The first-order chi connectivity index (χ1) is 15.3. The van der Waals surface area contributed by atoms with Crippen LogP contribution in [-0.2, 0) is 19.7 Å². The van der Waals surface area contributed by atoms with Crippen LogP contribution in [0.2, 0.25) is 0 Å². The van der Waals surface area contributed by atoms with Crippen LogP contribution in [0.5, 0.6) is 0 Å². The van der Waals surface area contributed by atoms with Gasteiger partial charge in [-0.15, -0.1) is 5.10 Å². The highest BCUT2D eigenvalue weighted by Gasteiger charge is 2.52. The third-order valence-electron chi connectivity index (χ3n) is 5.61. The molecule has 32 heavy (non-hydrogen) atoms. The Morgan fingerprint density at radius 2 is 1.62 bits per heavy atom. The summed E-state index contributed by atoms with van der Waals surface area (Å²) in [5.74, 6) is 0.296. The quantitative estimate of drug-likeness (QED) is 0.578. The van der Waals surface area contributed by atoms with Gasteiger partial charge in [-0.05, 0) is 62.4 Å². The van der Waals surface area contributed by atoms with Crippen molar-refractivity contribution >= 4 is 17.9 Å². The second-order valence-electron chi connectivity index (χ2n) is 8.21. The molecule has 0 atom stereocenters. The van der Waals surface area contributed by atoms with Crippen molar-refractivity contribution in [1.29, 1.82) is 0 Å². The molecule has 2 aromatic carbocycles. The van der Waals surface area contributed by atoms with Gasteiger partial charge >= 0.3 is 12.1 Å². The summed E-state index contributed by atoms with van der Waals surface area (Å²) >= 11 is 0. The van der Waals surface area contributed by atoms with Gasteiger partial charge in [-0.1, -0.05) is 41.6 Å². The molecule has 8 nitrogen and oxygen atoms in total. The standard InChI is InChI=1S/C24H26N4O4/c1-15(2)32-23(30)25-21-16(3)26-27-28(21)20-11-7-18(8-12-20)17-5-9-19(10-6-17)24(13-14-24)22(29)31-4/h5-12,15H,13-14H2,1-4H3,(H,25,30). The number of nitrogens with zero attached hydrogens (tertiary/aromatic N) is 3. The van der Waals surface area contributed by atoms with Gasteiger partial charge in [-0.25, -0.2) is 4.79 Å². The van der Waals surface area contributed by atoms with Crippen molar-refractivity contribution in [1.82, 2.24) is 15.0 Å². The van der Waals surface area contributed by atoms with E-state index in [-0.39, 0.29) is 12.1 Å². The fourth-order valence-electron chi connectivity index (χ4n) is 3.73. The molecular formula is C24H26N4O4. The number of amides is 1. The number of esters is 1. The summed E-state index contributed by atoms with van der Waals surface area (Å²) in [6.07, 6.45) is 0.870. The summed E-state index contributed by atoms with van der Waals surface area (Å²) in [4.78, 5) is 24.1. The molecule has 1 N–H and O–H groups in total. The minimum atomic E-state index is -0.552. The van der Waals surface area contributed by atoms with E-state index >= 15 is 0 Å². The Balaban J connectivity index is 1.53. The van der Waals surface area contributed by atoms with Gasteiger partial charge in [-0.3, -0.25) is 10.1 Å². The molecule has 166 valence electrons. The number of ether oxygens (including phenoxy) is 2. The smallest absolute Gasteiger partial charge is 0.413 e. The number of nitrogens with one attached hydrogen (secondary N) is 1. The number of rotatable bonds is 6. The van der Waals surface area contributed by atoms with Crippen molar-refractivity contribution in [3.05, 3.63) is 59.8 Å². The van der Waals surface area contributed by atoms with E-state index in [2.05, 4.69) is 15.6 Å². The lowest BCUT2D eigenvalue weighted by Crippen LogP contribution is -2.21. The summed E-state index contributed by atoms with van der Waals surface area (Å²) in [6.45, 7) is 5.34. The zero-order valence-corrected chi connectivity index (χ0v) is 18.6. The predicted molar refractivity (Wildman–Crippen MR) is 120 cm³/mol. The van der Waals surface area contributed by atoms with Crippen LogP contribution in [0.3, 0.4) is 0 Å². The van der Waals surface area contributed by atoms with Crippen molar-refractivity contribution in [3.8, 4) is 16.8 Å². The van der Waals surface area contributed by atoms with E-state index in [0.29, 0.717) is 11.5 Å². The van der Waals surface area contributed by atoms with Gasteiger partial charge in [0.05, 0.1) is 24.3 Å². The molecule has 1 saturated carbocycles. The van der Waals surface area contributed by atoms with Crippen LogP contribution in [0.25, 0.3) is 16.8 Å². The molecular weight excluding hydrogens is 408 g/mol. The Morgan fingerprint density at radius 1 is 1.03 bits per heavy atom. The van der Waals surface area contributed by atoms with Crippen LogP contribution in [0.4, 0.5) is 10.6 Å². The van der Waals surface area contributed by atoms with Gasteiger partial charge in [0.25, 0.3) is 0 Å². The number of carbonyl (C=O) groups is 2. The fraction of sp³-hybridized carbons (Fsp3) is 0.333. The van der Waals surface area contributed by atoms with Crippen molar-refractivity contribution in [3.63, 3.8) is 0 Å². The van der Waals surface area contributed by atoms with Crippen LogP contribution < -0.4 is 5.32 Å².